The smallest absolute Gasteiger partial charge is 0.242 e. The van der Waals surface area contributed by atoms with Crippen LogP contribution in [0.25, 0.3) is 0 Å². The molecule has 5 heteroatoms. The molecule has 0 fully saturated rings. The zero-order valence-electron chi connectivity index (χ0n) is 18.6. The van der Waals surface area contributed by atoms with Gasteiger partial charge in [0.2, 0.25) is 11.8 Å². The van der Waals surface area contributed by atoms with Crippen LogP contribution in [-0.4, -0.2) is 35.1 Å². The van der Waals surface area contributed by atoms with E-state index in [1.54, 1.807) is 16.7 Å². The van der Waals surface area contributed by atoms with Crippen LogP contribution in [0.15, 0.2) is 48.5 Å². The first kappa shape index (κ1) is 24.0. The average Bonchev–Trinajstić information content (AvgIpc) is 2.74. The maximum atomic E-state index is 13.2. The number of thioether (sulfide) groups is 1. The highest BCUT2D eigenvalue weighted by molar-refractivity contribution is 7.99. The molecule has 4 nitrogen and oxygen atoms in total. The Morgan fingerprint density at radius 1 is 1.03 bits per heavy atom. The number of rotatable bonds is 11. The highest BCUT2D eigenvalue weighted by atomic mass is 32.2. The molecule has 0 saturated carbocycles. The summed E-state index contributed by atoms with van der Waals surface area (Å²) in [5.74, 6) is 1.08. The molecule has 0 aliphatic carbocycles. The second kappa shape index (κ2) is 12.4. The van der Waals surface area contributed by atoms with Crippen LogP contribution in [0.4, 0.5) is 0 Å². The van der Waals surface area contributed by atoms with Gasteiger partial charge in [-0.15, -0.1) is 11.8 Å². The average molecular weight is 427 g/mol. The van der Waals surface area contributed by atoms with Crippen LogP contribution in [0.3, 0.4) is 0 Å². The van der Waals surface area contributed by atoms with Crippen molar-refractivity contribution in [3.05, 3.63) is 70.8 Å². The van der Waals surface area contributed by atoms with Gasteiger partial charge in [0.15, 0.2) is 0 Å². The maximum absolute atomic E-state index is 13.2. The Balaban J connectivity index is 2.11. The first-order valence-electron chi connectivity index (χ1n) is 10.7. The number of amides is 2. The van der Waals surface area contributed by atoms with Gasteiger partial charge in [0, 0.05) is 18.8 Å². The Kier molecular flexibility index (Phi) is 9.95. The number of benzene rings is 2. The van der Waals surface area contributed by atoms with Crippen molar-refractivity contribution in [2.45, 2.75) is 58.9 Å². The third kappa shape index (κ3) is 7.21. The topological polar surface area (TPSA) is 49.4 Å². The molecule has 2 aromatic carbocycles. The standard InChI is InChI=1S/C25H34N2O2S/c1-5-15-26-25(29)23(6-2)27(16-22-10-8-7-9-20(22)4)24(28)18-30-17-21-13-11-19(3)12-14-21/h7-14,23H,5-6,15-18H2,1-4H3,(H,26,29). The van der Waals surface area contributed by atoms with Crippen LogP contribution in [0.5, 0.6) is 0 Å². The number of hydrogen-bond donors (Lipinski definition) is 1. The summed E-state index contributed by atoms with van der Waals surface area (Å²) in [5.41, 5.74) is 4.65. The van der Waals surface area contributed by atoms with E-state index in [2.05, 4.69) is 36.5 Å². The van der Waals surface area contributed by atoms with E-state index in [-0.39, 0.29) is 11.8 Å². The molecule has 2 aromatic rings. The number of carbonyl (C=O) groups excluding carboxylic acids is 2. The highest BCUT2D eigenvalue weighted by Gasteiger charge is 2.28. The van der Waals surface area contributed by atoms with Crippen LogP contribution in [0.1, 0.15) is 48.9 Å². The highest BCUT2D eigenvalue weighted by Crippen LogP contribution is 2.19. The SMILES string of the molecule is CCCNC(=O)C(CC)N(Cc1ccccc1C)C(=O)CSCc1ccc(C)cc1. The Hall–Kier alpha value is -2.27. The number of nitrogens with one attached hydrogen (secondary N) is 1. The van der Waals surface area contributed by atoms with Crippen LogP contribution >= 0.6 is 11.8 Å². The zero-order valence-corrected chi connectivity index (χ0v) is 19.4. The van der Waals surface area contributed by atoms with Crippen molar-refractivity contribution in [3.8, 4) is 0 Å². The minimum atomic E-state index is -0.455. The van der Waals surface area contributed by atoms with Crippen molar-refractivity contribution in [2.24, 2.45) is 0 Å². The summed E-state index contributed by atoms with van der Waals surface area (Å²) in [6.45, 7) is 9.19. The largest absolute Gasteiger partial charge is 0.354 e. The van der Waals surface area contributed by atoms with Crippen molar-refractivity contribution < 1.29 is 9.59 Å². The Morgan fingerprint density at radius 3 is 2.37 bits per heavy atom. The van der Waals surface area contributed by atoms with Crippen molar-refractivity contribution >= 4 is 23.6 Å². The van der Waals surface area contributed by atoms with Crippen LogP contribution in [0.2, 0.25) is 0 Å². The monoisotopic (exact) mass is 426 g/mol. The first-order valence-corrected chi connectivity index (χ1v) is 11.9. The minimum absolute atomic E-state index is 0.00821. The van der Waals surface area contributed by atoms with Gasteiger partial charge in [0.05, 0.1) is 5.75 Å². The van der Waals surface area contributed by atoms with E-state index in [1.165, 1.54) is 11.1 Å². The molecule has 0 radical (unpaired) electrons. The van der Waals surface area contributed by atoms with Gasteiger partial charge in [-0.05, 0) is 43.4 Å². The molecule has 0 bridgehead atoms. The molecule has 162 valence electrons. The van der Waals surface area contributed by atoms with Gasteiger partial charge in [-0.1, -0.05) is 67.9 Å². The molecular weight excluding hydrogens is 392 g/mol. The molecule has 1 atom stereocenters. The van der Waals surface area contributed by atoms with Gasteiger partial charge in [0.25, 0.3) is 0 Å². The predicted octanol–water partition coefficient (Wildman–Crippen LogP) is 4.87. The minimum Gasteiger partial charge on any atom is -0.354 e. The van der Waals surface area contributed by atoms with Crippen molar-refractivity contribution in [2.75, 3.05) is 12.3 Å². The first-order chi connectivity index (χ1) is 14.5. The molecule has 0 aromatic heterocycles. The van der Waals surface area contributed by atoms with E-state index in [4.69, 9.17) is 0 Å². The van der Waals surface area contributed by atoms with Gasteiger partial charge in [-0.2, -0.15) is 0 Å². The predicted molar refractivity (Wildman–Crippen MR) is 126 cm³/mol. The van der Waals surface area contributed by atoms with Crippen molar-refractivity contribution in [1.82, 2.24) is 10.2 Å². The van der Waals surface area contributed by atoms with Gasteiger partial charge in [-0.25, -0.2) is 0 Å². The van der Waals surface area contributed by atoms with Crippen LogP contribution in [0, 0.1) is 13.8 Å². The van der Waals surface area contributed by atoms with Gasteiger partial charge in [-0.3, -0.25) is 9.59 Å². The van der Waals surface area contributed by atoms with E-state index < -0.39 is 6.04 Å². The normalized spacial score (nSPS) is 11.7. The molecule has 1 N–H and O–H groups in total. The summed E-state index contributed by atoms with van der Waals surface area (Å²) in [6, 6.07) is 16.0. The maximum Gasteiger partial charge on any atom is 0.242 e. The molecule has 2 rings (SSSR count). The number of nitrogens with zero attached hydrogens (tertiary/aromatic N) is 1. The summed E-state index contributed by atoms with van der Waals surface area (Å²) in [7, 11) is 0. The van der Waals surface area contributed by atoms with E-state index >= 15 is 0 Å². The fourth-order valence-electron chi connectivity index (χ4n) is 3.28. The molecule has 0 aliphatic heterocycles. The zero-order chi connectivity index (χ0) is 21.9. The summed E-state index contributed by atoms with van der Waals surface area (Å²) in [4.78, 5) is 27.7. The van der Waals surface area contributed by atoms with Gasteiger partial charge in [0.1, 0.15) is 6.04 Å². The van der Waals surface area contributed by atoms with Crippen LogP contribution in [-0.2, 0) is 21.9 Å². The van der Waals surface area contributed by atoms with E-state index in [1.807, 2.05) is 45.0 Å². The van der Waals surface area contributed by atoms with E-state index in [0.29, 0.717) is 25.3 Å². The summed E-state index contributed by atoms with van der Waals surface area (Å²) in [6.07, 6.45) is 1.47. The van der Waals surface area contributed by atoms with Crippen molar-refractivity contribution in [3.63, 3.8) is 0 Å². The number of aryl methyl sites for hydroxylation is 2. The molecule has 1 unspecified atom stereocenters. The Morgan fingerprint density at radius 2 is 1.73 bits per heavy atom. The summed E-state index contributed by atoms with van der Waals surface area (Å²) < 4.78 is 0. The third-order valence-corrected chi connectivity index (χ3v) is 6.14. The lowest BCUT2D eigenvalue weighted by Gasteiger charge is -2.31. The van der Waals surface area contributed by atoms with Gasteiger partial charge >= 0.3 is 0 Å². The lowest BCUT2D eigenvalue weighted by atomic mass is 10.1. The third-order valence-electron chi connectivity index (χ3n) is 5.15. The second-order valence-electron chi connectivity index (χ2n) is 7.64. The van der Waals surface area contributed by atoms with Crippen LogP contribution < -0.4 is 5.32 Å². The number of carbonyl (C=O) groups is 2. The Bertz CT molecular complexity index is 820. The molecule has 0 saturated heterocycles. The van der Waals surface area contributed by atoms with E-state index in [9.17, 15) is 9.59 Å². The molecule has 0 heterocycles. The number of hydrogen-bond acceptors (Lipinski definition) is 3. The lowest BCUT2D eigenvalue weighted by Crippen LogP contribution is -2.49. The van der Waals surface area contributed by atoms with E-state index in [0.717, 1.165) is 23.3 Å². The summed E-state index contributed by atoms with van der Waals surface area (Å²) in [5, 5.41) is 2.97. The molecule has 2 amide bonds. The fourth-order valence-corrected chi connectivity index (χ4v) is 4.15. The molecule has 0 aliphatic rings. The Labute approximate surface area is 185 Å². The fraction of sp³-hybridized carbons (Fsp3) is 0.440. The van der Waals surface area contributed by atoms with Gasteiger partial charge < -0.3 is 10.2 Å². The molecule has 30 heavy (non-hydrogen) atoms. The molecular formula is C25H34N2O2S. The quantitative estimate of drug-likeness (QED) is 0.558. The lowest BCUT2D eigenvalue weighted by molar-refractivity contribution is -0.139. The molecule has 0 spiro atoms. The summed E-state index contributed by atoms with van der Waals surface area (Å²) >= 11 is 1.60. The van der Waals surface area contributed by atoms with Crippen molar-refractivity contribution in [1.29, 1.82) is 0 Å². The second-order valence-corrected chi connectivity index (χ2v) is 8.63.